The van der Waals surface area contributed by atoms with Gasteiger partial charge in [-0.25, -0.2) is 4.79 Å². The van der Waals surface area contributed by atoms with Crippen LogP contribution in [0.5, 0.6) is 0 Å². The molecule has 33 heavy (non-hydrogen) atoms. The summed E-state index contributed by atoms with van der Waals surface area (Å²) in [6, 6.07) is 11.3. The number of rotatable bonds is 6. The van der Waals surface area contributed by atoms with Crippen LogP contribution in [-0.2, 0) is 20.9 Å². The highest BCUT2D eigenvalue weighted by Gasteiger charge is 2.54. The van der Waals surface area contributed by atoms with Gasteiger partial charge in [-0.3, -0.25) is 9.69 Å². The van der Waals surface area contributed by atoms with E-state index in [1.807, 2.05) is 37.3 Å². The number of carbonyl (C=O) groups excluding carboxylic acids is 2. The number of aromatic nitrogens is 2. The molecule has 1 N–H and O–H groups in total. The van der Waals surface area contributed by atoms with Gasteiger partial charge in [0, 0.05) is 6.42 Å². The SMILES string of the molecule is CCC1(C(=O)Nc2nnc(Cl)cc2Br)CC(OCc2ccccc2)CN1C(=O)OC(C)(C)C. The summed E-state index contributed by atoms with van der Waals surface area (Å²) in [5.74, 6) is -0.172. The molecule has 10 heteroatoms. The van der Waals surface area contributed by atoms with Crippen LogP contribution in [0.15, 0.2) is 40.9 Å². The van der Waals surface area contributed by atoms with Crippen molar-refractivity contribution in [2.75, 3.05) is 11.9 Å². The Labute approximate surface area is 207 Å². The van der Waals surface area contributed by atoms with E-state index in [-0.39, 0.29) is 29.5 Å². The lowest BCUT2D eigenvalue weighted by Gasteiger charge is -2.36. The van der Waals surface area contributed by atoms with Gasteiger partial charge < -0.3 is 14.8 Å². The van der Waals surface area contributed by atoms with E-state index in [0.717, 1.165) is 5.56 Å². The van der Waals surface area contributed by atoms with Crippen molar-refractivity contribution in [2.45, 2.75) is 64.4 Å². The fourth-order valence-corrected chi connectivity index (χ4v) is 4.44. The molecule has 1 aromatic heterocycles. The quantitative estimate of drug-likeness (QED) is 0.542. The Morgan fingerprint density at radius 1 is 1.27 bits per heavy atom. The lowest BCUT2D eigenvalue weighted by molar-refractivity contribution is -0.126. The number of hydrogen-bond acceptors (Lipinski definition) is 6. The Bertz CT molecular complexity index is 1000. The fraction of sp³-hybridized carbons (Fsp3) is 0.478. The first kappa shape index (κ1) is 25.4. The predicted octanol–water partition coefficient (Wildman–Crippen LogP) is 5.21. The van der Waals surface area contributed by atoms with Crippen LogP contribution in [0.25, 0.3) is 0 Å². The van der Waals surface area contributed by atoms with Crippen LogP contribution in [-0.4, -0.2) is 50.9 Å². The van der Waals surface area contributed by atoms with Crippen LogP contribution < -0.4 is 5.32 Å². The van der Waals surface area contributed by atoms with Gasteiger partial charge in [-0.2, -0.15) is 0 Å². The van der Waals surface area contributed by atoms with Crippen LogP contribution in [0.2, 0.25) is 5.15 Å². The summed E-state index contributed by atoms with van der Waals surface area (Å²) in [5, 5.41) is 10.7. The second kappa shape index (κ2) is 10.4. The molecular formula is C23H28BrClN4O4. The Kier molecular flexibility index (Phi) is 7.97. The van der Waals surface area contributed by atoms with Crippen molar-refractivity contribution in [2.24, 2.45) is 0 Å². The average Bonchev–Trinajstić information content (AvgIpc) is 3.14. The smallest absolute Gasteiger partial charge is 0.411 e. The molecule has 1 aromatic carbocycles. The van der Waals surface area contributed by atoms with Crippen molar-refractivity contribution in [3.05, 3.63) is 51.6 Å². The molecule has 3 rings (SSSR count). The number of nitrogens with zero attached hydrogens (tertiary/aromatic N) is 3. The summed E-state index contributed by atoms with van der Waals surface area (Å²) in [5.41, 5.74) is -0.870. The first-order valence-corrected chi connectivity index (χ1v) is 11.9. The van der Waals surface area contributed by atoms with Crippen molar-refractivity contribution < 1.29 is 19.1 Å². The molecule has 2 aromatic rings. The Balaban J connectivity index is 1.85. The van der Waals surface area contributed by atoms with Crippen molar-refractivity contribution in [3.63, 3.8) is 0 Å². The molecule has 0 bridgehead atoms. The summed E-state index contributed by atoms with van der Waals surface area (Å²) in [4.78, 5) is 28.2. The molecule has 2 heterocycles. The molecule has 0 spiro atoms. The second-order valence-corrected chi connectivity index (χ2v) is 10.2. The number of carbonyl (C=O) groups is 2. The molecule has 8 nitrogen and oxygen atoms in total. The van der Waals surface area contributed by atoms with Crippen molar-refractivity contribution in [1.82, 2.24) is 15.1 Å². The minimum atomic E-state index is -1.18. The molecule has 0 aliphatic carbocycles. The number of benzene rings is 1. The fourth-order valence-electron chi connectivity index (χ4n) is 3.76. The largest absolute Gasteiger partial charge is 0.444 e. The monoisotopic (exact) mass is 538 g/mol. The van der Waals surface area contributed by atoms with Crippen molar-refractivity contribution in [3.8, 4) is 0 Å². The minimum Gasteiger partial charge on any atom is -0.444 e. The topological polar surface area (TPSA) is 93.6 Å². The van der Waals surface area contributed by atoms with E-state index >= 15 is 0 Å². The number of amides is 2. The van der Waals surface area contributed by atoms with E-state index in [9.17, 15) is 9.59 Å². The van der Waals surface area contributed by atoms with Crippen molar-refractivity contribution in [1.29, 1.82) is 0 Å². The Morgan fingerprint density at radius 3 is 2.58 bits per heavy atom. The van der Waals surface area contributed by atoms with E-state index in [1.54, 1.807) is 20.8 Å². The maximum atomic E-state index is 13.6. The number of ether oxygens (including phenoxy) is 2. The predicted molar refractivity (Wildman–Crippen MR) is 129 cm³/mol. The van der Waals surface area contributed by atoms with E-state index < -0.39 is 17.2 Å². The van der Waals surface area contributed by atoms with Crippen molar-refractivity contribution >= 4 is 45.3 Å². The summed E-state index contributed by atoms with van der Waals surface area (Å²) < 4.78 is 12.2. The lowest BCUT2D eigenvalue weighted by Crippen LogP contribution is -2.56. The number of anilines is 1. The van der Waals surface area contributed by atoms with Crippen LogP contribution >= 0.6 is 27.5 Å². The van der Waals surface area contributed by atoms with Gasteiger partial charge in [-0.05, 0) is 54.8 Å². The van der Waals surface area contributed by atoms with Crippen LogP contribution in [0.4, 0.5) is 10.6 Å². The molecule has 0 saturated carbocycles. The lowest BCUT2D eigenvalue weighted by atomic mass is 9.91. The molecule has 1 saturated heterocycles. The van der Waals surface area contributed by atoms with Gasteiger partial charge in [0.1, 0.15) is 11.1 Å². The third kappa shape index (κ3) is 6.22. The van der Waals surface area contributed by atoms with Gasteiger partial charge in [-0.1, -0.05) is 48.9 Å². The number of nitrogens with one attached hydrogen (secondary N) is 1. The number of halogens is 2. The molecule has 178 valence electrons. The maximum absolute atomic E-state index is 13.6. The molecule has 0 radical (unpaired) electrons. The van der Waals surface area contributed by atoms with Gasteiger partial charge in [-0.15, -0.1) is 10.2 Å². The maximum Gasteiger partial charge on any atom is 0.411 e. The van der Waals surface area contributed by atoms with Gasteiger partial charge in [0.05, 0.1) is 23.7 Å². The number of likely N-dealkylation sites (tertiary alicyclic amines) is 1. The Hall–Kier alpha value is -2.23. The molecule has 1 aliphatic heterocycles. The van der Waals surface area contributed by atoms with Gasteiger partial charge >= 0.3 is 6.09 Å². The van der Waals surface area contributed by atoms with Crippen LogP contribution in [0, 0.1) is 0 Å². The number of hydrogen-bond donors (Lipinski definition) is 1. The summed E-state index contributed by atoms with van der Waals surface area (Å²) >= 11 is 9.20. The molecule has 2 unspecified atom stereocenters. The van der Waals surface area contributed by atoms with Gasteiger partial charge in [0.25, 0.3) is 5.91 Å². The van der Waals surface area contributed by atoms with E-state index in [1.165, 1.54) is 11.0 Å². The average molecular weight is 540 g/mol. The van der Waals surface area contributed by atoms with E-state index in [2.05, 4.69) is 31.4 Å². The summed E-state index contributed by atoms with van der Waals surface area (Å²) in [6.45, 7) is 7.84. The first-order chi connectivity index (χ1) is 15.5. The van der Waals surface area contributed by atoms with E-state index in [0.29, 0.717) is 23.9 Å². The zero-order valence-corrected chi connectivity index (χ0v) is 21.4. The van der Waals surface area contributed by atoms with Gasteiger partial charge in [0.15, 0.2) is 11.0 Å². The highest BCUT2D eigenvalue weighted by atomic mass is 79.9. The van der Waals surface area contributed by atoms with Crippen LogP contribution in [0.3, 0.4) is 0 Å². The minimum absolute atomic E-state index is 0.190. The third-order valence-corrected chi connectivity index (χ3v) is 6.16. The third-order valence-electron chi connectivity index (χ3n) is 5.37. The van der Waals surface area contributed by atoms with Crippen LogP contribution in [0.1, 0.15) is 46.1 Å². The molecule has 2 atom stereocenters. The highest BCUT2D eigenvalue weighted by Crippen LogP contribution is 2.37. The molecule has 1 aliphatic rings. The zero-order valence-electron chi connectivity index (χ0n) is 19.1. The summed E-state index contributed by atoms with van der Waals surface area (Å²) in [7, 11) is 0. The normalized spacial score (nSPS) is 20.5. The molecule has 2 amide bonds. The summed E-state index contributed by atoms with van der Waals surface area (Å²) in [6.07, 6.45) is -0.225. The standard InChI is InChI=1S/C23H28BrClN4O4/c1-5-23(20(30)26-19-17(24)11-18(25)27-28-19)12-16(32-14-15-9-7-6-8-10-15)13-29(23)21(31)33-22(2,3)4/h6-11,16H,5,12-14H2,1-4H3,(H,26,28,30). The van der Waals surface area contributed by atoms with Gasteiger partial charge in [0.2, 0.25) is 0 Å². The first-order valence-electron chi connectivity index (χ1n) is 10.7. The second-order valence-electron chi connectivity index (χ2n) is 8.92. The highest BCUT2D eigenvalue weighted by molar-refractivity contribution is 9.10. The molecular weight excluding hydrogens is 512 g/mol. The van der Waals surface area contributed by atoms with E-state index in [4.69, 9.17) is 21.1 Å². The Morgan fingerprint density at radius 2 is 1.97 bits per heavy atom. The zero-order chi connectivity index (χ0) is 24.2. The molecule has 1 fully saturated rings.